The summed E-state index contributed by atoms with van der Waals surface area (Å²) in [5.41, 5.74) is 7.04. The molecule has 1 heterocycles. The number of rotatable bonds is 4. The number of aromatic nitrogens is 1. The van der Waals surface area contributed by atoms with Crippen molar-refractivity contribution < 1.29 is 0 Å². The fourth-order valence-corrected chi connectivity index (χ4v) is 2.80. The topological polar surface area (TPSA) is 38.9 Å². The lowest BCUT2D eigenvalue weighted by Crippen LogP contribution is -2.34. The fourth-order valence-electron chi connectivity index (χ4n) is 1.39. The normalized spacial score (nSPS) is 12.1. The van der Waals surface area contributed by atoms with Gasteiger partial charge in [0, 0.05) is 16.8 Å². The quantitative estimate of drug-likeness (QED) is 0.833. The maximum atomic E-state index is 6.00. The van der Waals surface area contributed by atoms with Crippen LogP contribution in [0.25, 0.3) is 0 Å². The molecule has 0 spiro atoms. The molecule has 0 fully saturated rings. The maximum Gasteiger partial charge on any atom is 0.0930 e. The van der Waals surface area contributed by atoms with Crippen molar-refractivity contribution >= 4 is 11.3 Å². The third-order valence-electron chi connectivity index (χ3n) is 2.02. The Bertz CT molecular complexity index is 297. The molecule has 80 valence electrons. The second kappa shape index (κ2) is 4.41. The molecule has 0 bridgehead atoms. The van der Waals surface area contributed by atoms with Gasteiger partial charge in [0.25, 0.3) is 0 Å². The van der Waals surface area contributed by atoms with Crippen LogP contribution in [0.5, 0.6) is 0 Å². The number of hydrogen-bond acceptors (Lipinski definition) is 3. The summed E-state index contributed by atoms with van der Waals surface area (Å²) < 4.78 is 0. The predicted octanol–water partition coefficient (Wildman–Crippen LogP) is 2.68. The lowest BCUT2D eigenvalue weighted by Gasteiger charge is -2.16. The van der Waals surface area contributed by atoms with E-state index < -0.39 is 0 Å². The van der Waals surface area contributed by atoms with Crippen LogP contribution in [0.2, 0.25) is 0 Å². The van der Waals surface area contributed by atoms with E-state index in [2.05, 4.69) is 32.7 Å². The molecule has 2 nitrogen and oxygen atoms in total. The first-order chi connectivity index (χ1) is 6.42. The molecule has 1 aromatic heterocycles. The van der Waals surface area contributed by atoms with E-state index >= 15 is 0 Å². The van der Waals surface area contributed by atoms with Gasteiger partial charge in [0.15, 0.2) is 0 Å². The first-order valence-electron chi connectivity index (χ1n) is 5.16. The Morgan fingerprint density at radius 3 is 2.57 bits per heavy atom. The Kier molecular flexibility index (Phi) is 3.67. The van der Waals surface area contributed by atoms with Gasteiger partial charge in [-0.25, -0.2) is 4.98 Å². The van der Waals surface area contributed by atoms with Gasteiger partial charge in [-0.05, 0) is 33.6 Å². The Balaban J connectivity index is 2.77. The molecule has 0 saturated heterocycles. The van der Waals surface area contributed by atoms with Crippen LogP contribution in [0.1, 0.15) is 42.8 Å². The minimum absolute atomic E-state index is 0.124. The van der Waals surface area contributed by atoms with Crippen LogP contribution in [0, 0.1) is 6.92 Å². The predicted molar refractivity (Wildman–Crippen MR) is 62.8 cm³/mol. The number of nitrogens with zero attached hydrogens (tertiary/aromatic N) is 1. The third-order valence-corrected chi connectivity index (χ3v) is 3.23. The lowest BCUT2D eigenvalue weighted by molar-refractivity contribution is 0.519. The molecule has 0 amide bonds. The van der Waals surface area contributed by atoms with E-state index in [0.29, 0.717) is 0 Å². The molecule has 0 aliphatic heterocycles. The second-order valence-electron chi connectivity index (χ2n) is 4.53. The van der Waals surface area contributed by atoms with Crippen LogP contribution in [0.4, 0.5) is 0 Å². The number of thiazole rings is 1. The van der Waals surface area contributed by atoms with Crippen LogP contribution in [0.3, 0.4) is 0 Å². The second-order valence-corrected chi connectivity index (χ2v) is 5.70. The summed E-state index contributed by atoms with van der Waals surface area (Å²) in [5, 5.41) is 1.25. The molecule has 14 heavy (non-hydrogen) atoms. The standard InChI is InChI=1S/C11H20N2S/c1-5-6-10-13-8(2)9(14-10)7-11(3,4)12/h5-7,12H2,1-4H3. The summed E-state index contributed by atoms with van der Waals surface area (Å²) in [7, 11) is 0. The van der Waals surface area contributed by atoms with Gasteiger partial charge in [-0.2, -0.15) is 0 Å². The van der Waals surface area contributed by atoms with Crippen LogP contribution in [0.15, 0.2) is 0 Å². The molecule has 0 aromatic carbocycles. The monoisotopic (exact) mass is 212 g/mol. The first kappa shape index (κ1) is 11.7. The minimum Gasteiger partial charge on any atom is -0.325 e. The first-order valence-corrected chi connectivity index (χ1v) is 5.98. The number of nitrogens with two attached hydrogens (primary N) is 1. The van der Waals surface area contributed by atoms with Crippen molar-refractivity contribution in [3.05, 3.63) is 15.6 Å². The molecule has 1 rings (SSSR count). The fraction of sp³-hybridized carbons (Fsp3) is 0.727. The number of hydrogen-bond donors (Lipinski definition) is 1. The number of aryl methyl sites for hydroxylation is 2. The zero-order chi connectivity index (χ0) is 10.8. The van der Waals surface area contributed by atoms with Gasteiger partial charge in [0.05, 0.1) is 10.7 Å². The van der Waals surface area contributed by atoms with Crippen molar-refractivity contribution in [2.24, 2.45) is 5.73 Å². The zero-order valence-electron chi connectivity index (χ0n) is 9.55. The Hall–Kier alpha value is -0.410. The smallest absolute Gasteiger partial charge is 0.0930 e. The van der Waals surface area contributed by atoms with Crippen molar-refractivity contribution in [3.8, 4) is 0 Å². The van der Waals surface area contributed by atoms with Gasteiger partial charge >= 0.3 is 0 Å². The SMILES string of the molecule is CCCc1nc(C)c(CC(C)(C)N)s1. The van der Waals surface area contributed by atoms with Crippen molar-refractivity contribution in [2.45, 2.75) is 52.5 Å². The molecule has 0 unspecified atom stereocenters. The average Bonchev–Trinajstić information content (AvgIpc) is 2.29. The molecule has 0 radical (unpaired) electrons. The molecular weight excluding hydrogens is 192 g/mol. The molecule has 0 atom stereocenters. The van der Waals surface area contributed by atoms with Crippen molar-refractivity contribution in [2.75, 3.05) is 0 Å². The summed E-state index contributed by atoms with van der Waals surface area (Å²) in [4.78, 5) is 5.90. The highest BCUT2D eigenvalue weighted by molar-refractivity contribution is 7.11. The van der Waals surface area contributed by atoms with E-state index in [0.717, 1.165) is 18.5 Å². The maximum absolute atomic E-state index is 6.00. The summed E-state index contributed by atoms with van der Waals surface area (Å²) in [6.07, 6.45) is 3.19. The van der Waals surface area contributed by atoms with E-state index in [1.54, 1.807) is 0 Å². The van der Waals surface area contributed by atoms with Crippen molar-refractivity contribution in [3.63, 3.8) is 0 Å². The van der Waals surface area contributed by atoms with Gasteiger partial charge in [-0.1, -0.05) is 6.92 Å². The molecule has 0 saturated carbocycles. The Morgan fingerprint density at radius 1 is 1.43 bits per heavy atom. The van der Waals surface area contributed by atoms with Crippen LogP contribution in [-0.2, 0) is 12.8 Å². The van der Waals surface area contributed by atoms with Gasteiger partial charge in [-0.3, -0.25) is 0 Å². The summed E-state index contributed by atoms with van der Waals surface area (Å²) in [6.45, 7) is 8.39. The Morgan fingerprint density at radius 2 is 2.07 bits per heavy atom. The van der Waals surface area contributed by atoms with E-state index in [-0.39, 0.29) is 5.54 Å². The third kappa shape index (κ3) is 3.39. The van der Waals surface area contributed by atoms with E-state index in [4.69, 9.17) is 5.73 Å². The zero-order valence-corrected chi connectivity index (χ0v) is 10.4. The van der Waals surface area contributed by atoms with Crippen molar-refractivity contribution in [1.82, 2.24) is 4.98 Å². The highest BCUT2D eigenvalue weighted by atomic mass is 32.1. The van der Waals surface area contributed by atoms with Gasteiger partial charge in [0.1, 0.15) is 0 Å². The van der Waals surface area contributed by atoms with Crippen molar-refractivity contribution in [1.29, 1.82) is 0 Å². The van der Waals surface area contributed by atoms with Crippen LogP contribution >= 0.6 is 11.3 Å². The molecule has 3 heteroatoms. The summed E-state index contributed by atoms with van der Waals surface area (Å²) in [6, 6.07) is 0. The molecule has 0 aliphatic rings. The van der Waals surface area contributed by atoms with E-state index in [9.17, 15) is 0 Å². The molecular formula is C11H20N2S. The Labute approximate surface area is 90.6 Å². The van der Waals surface area contributed by atoms with Crippen LogP contribution < -0.4 is 5.73 Å². The highest BCUT2D eigenvalue weighted by Crippen LogP contribution is 2.22. The summed E-state index contributed by atoms with van der Waals surface area (Å²) >= 11 is 1.82. The van der Waals surface area contributed by atoms with Gasteiger partial charge in [-0.15, -0.1) is 11.3 Å². The summed E-state index contributed by atoms with van der Waals surface area (Å²) in [5.74, 6) is 0. The van der Waals surface area contributed by atoms with E-state index in [1.165, 1.54) is 16.3 Å². The largest absolute Gasteiger partial charge is 0.325 e. The van der Waals surface area contributed by atoms with Gasteiger partial charge in [0.2, 0.25) is 0 Å². The average molecular weight is 212 g/mol. The van der Waals surface area contributed by atoms with Gasteiger partial charge < -0.3 is 5.73 Å². The molecule has 0 aliphatic carbocycles. The highest BCUT2D eigenvalue weighted by Gasteiger charge is 2.16. The van der Waals surface area contributed by atoms with E-state index in [1.807, 2.05) is 11.3 Å². The molecule has 1 aromatic rings. The lowest BCUT2D eigenvalue weighted by atomic mass is 10.0. The molecule has 2 N–H and O–H groups in total. The minimum atomic E-state index is -0.124. The van der Waals surface area contributed by atoms with Crippen LogP contribution in [-0.4, -0.2) is 10.5 Å².